The van der Waals surface area contributed by atoms with Crippen molar-refractivity contribution in [3.05, 3.63) is 53.9 Å². The first-order valence-electron chi connectivity index (χ1n) is 11.2. The van der Waals surface area contributed by atoms with E-state index in [1.807, 2.05) is 41.7 Å². The zero-order valence-electron chi connectivity index (χ0n) is 19.7. The number of nitrogens with zero attached hydrogens (tertiary/aromatic N) is 5. The summed E-state index contributed by atoms with van der Waals surface area (Å²) < 4.78 is 27.8. The largest absolute Gasteiger partial charge is 0.354 e. The molecule has 4 rings (SSSR count). The molecule has 1 saturated heterocycles. The van der Waals surface area contributed by atoms with E-state index in [0.29, 0.717) is 23.9 Å². The van der Waals surface area contributed by atoms with Crippen molar-refractivity contribution < 1.29 is 18.0 Å². The molecule has 0 radical (unpaired) electrons. The number of nitrogens with one attached hydrogen (secondary N) is 2. The van der Waals surface area contributed by atoms with E-state index in [4.69, 9.17) is 0 Å². The lowest BCUT2D eigenvalue weighted by Gasteiger charge is -2.32. The number of sulfonamides is 1. The fourth-order valence-electron chi connectivity index (χ4n) is 4.07. The molecule has 2 aromatic heterocycles. The first-order valence-corrected chi connectivity index (χ1v) is 12.7. The predicted octanol–water partition coefficient (Wildman–Crippen LogP) is 1.96. The van der Waals surface area contributed by atoms with Crippen molar-refractivity contribution in [3.8, 4) is 5.82 Å². The van der Waals surface area contributed by atoms with Gasteiger partial charge < -0.3 is 10.2 Å². The van der Waals surface area contributed by atoms with Crippen LogP contribution in [0.4, 0.5) is 11.5 Å². The number of rotatable bonds is 6. The summed E-state index contributed by atoms with van der Waals surface area (Å²) in [5.74, 6) is 0.244. The number of anilines is 2. The Morgan fingerprint density at radius 2 is 1.71 bits per heavy atom. The van der Waals surface area contributed by atoms with Crippen LogP contribution in [0.5, 0.6) is 0 Å². The second kappa shape index (κ2) is 9.82. The van der Waals surface area contributed by atoms with Crippen LogP contribution in [0.25, 0.3) is 5.82 Å². The minimum atomic E-state index is -3.92. The summed E-state index contributed by atoms with van der Waals surface area (Å²) in [5.41, 5.74) is 2.35. The molecule has 1 fully saturated rings. The van der Waals surface area contributed by atoms with Gasteiger partial charge in [-0.3, -0.25) is 9.59 Å². The standard InChI is InChI=1S/C23H27N7O4S/c1-15-13-16(2)30(27-15)22-11-10-21(25-26-22)29-12-4-5-18(14-29)23(32)24-19-6-8-20(9-7-19)35(33,34)28-17(3)31/h6-11,13,18H,4-5,12,14H2,1-3H3,(H,24,32)(H,28,31). The summed E-state index contributed by atoms with van der Waals surface area (Å²) in [6, 6.07) is 11.4. The van der Waals surface area contributed by atoms with E-state index < -0.39 is 15.9 Å². The van der Waals surface area contributed by atoms with Gasteiger partial charge in [0.05, 0.1) is 16.5 Å². The number of carbonyl (C=O) groups excluding carboxylic acids is 2. The van der Waals surface area contributed by atoms with Crippen LogP contribution in [0.3, 0.4) is 0 Å². The van der Waals surface area contributed by atoms with Gasteiger partial charge in [0.1, 0.15) is 0 Å². The molecule has 0 bridgehead atoms. The van der Waals surface area contributed by atoms with Crippen LogP contribution in [0.1, 0.15) is 31.2 Å². The highest BCUT2D eigenvalue weighted by Gasteiger charge is 2.27. The number of benzene rings is 1. The second-order valence-corrected chi connectivity index (χ2v) is 10.2. The second-order valence-electron chi connectivity index (χ2n) is 8.55. The smallest absolute Gasteiger partial charge is 0.264 e. The Morgan fingerprint density at radius 1 is 1.03 bits per heavy atom. The van der Waals surface area contributed by atoms with Gasteiger partial charge in [0.15, 0.2) is 11.6 Å². The van der Waals surface area contributed by atoms with E-state index in [9.17, 15) is 18.0 Å². The molecule has 1 aliphatic heterocycles. The predicted molar refractivity (Wildman–Crippen MR) is 130 cm³/mol. The van der Waals surface area contributed by atoms with E-state index in [1.54, 1.807) is 4.68 Å². The molecule has 184 valence electrons. The molecule has 1 unspecified atom stereocenters. The lowest BCUT2D eigenvalue weighted by molar-refractivity contribution is -0.120. The fourth-order valence-corrected chi connectivity index (χ4v) is 5.06. The van der Waals surface area contributed by atoms with Gasteiger partial charge in [0.25, 0.3) is 10.0 Å². The highest BCUT2D eigenvalue weighted by Crippen LogP contribution is 2.24. The van der Waals surface area contributed by atoms with Gasteiger partial charge in [0.2, 0.25) is 11.8 Å². The lowest BCUT2D eigenvalue weighted by Crippen LogP contribution is -2.41. The van der Waals surface area contributed by atoms with Crippen molar-refractivity contribution in [1.82, 2.24) is 24.7 Å². The monoisotopic (exact) mass is 497 g/mol. The SMILES string of the molecule is CC(=O)NS(=O)(=O)c1ccc(NC(=O)C2CCCN(c3ccc(-n4nc(C)cc4C)nn3)C2)cc1. The topological polar surface area (TPSA) is 139 Å². The highest BCUT2D eigenvalue weighted by molar-refractivity contribution is 7.90. The molecule has 2 amide bonds. The molecule has 0 spiro atoms. The Kier molecular flexibility index (Phi) is 6.83. The van der Waals surface area contributed by atoms with Crippen LogP contribution in [0, 0.1) is 19.8 Å². The van der Waals surface area contributed by atoms with Crippen LogP contribution in [-0.4, -0.2) is 53.3 Å². The van der Waals surface area contributed by atoms with E-state index in [-0.39, 0.29) is 16.7 Å². The van der Waals surface area contributed by atoms with E-state index >= 15 is 0 Å². The molecule has 35 heavy (non-hydrogen) atoms. The molecule has 1 aliphatic rings. The van der Waals surface area contributed by atoms with E-state index in [0.717, 1.165) is 37.7 Å². The Hall–Kier alpha value is -3.80. The van der Waals surface area contributed by atoms with Gasteiger partial charge in [-0.25, -0.2) is 17.8 Å². The zero-order valence-corrected chi connectivity index (χ0v) is 20.5. The Morgan fingerprint density at radius 3 is 2.31 bits per heavy atom. The van der Waals surface area contributed by atoms with Crippen molar-refractivity contribution in [3.63, 3.8) is 0 Å². The van der Waals surface area contributed by atoms with Gasteiger partial charge >= 0.3 is 0 Å². The van der Waals surface area contributed by atoms with Crippen LogP contribution in [-0.2, 0) is 19.6 Å². The number of hydrogen-bond acceptors (Lipinski definition) is 8. The number of carbonyl (C=O) groups is 2. The Labute approximate surface area is 203 Å². The molecule has 1 aromatic carbocycles. The first kappa shape index (κ1) is 24.3. The van der Waals surface area contributed by atoms with E-state index in [1.165, 1.54) is 24.3 Å². The minimum Gasteiger partial charge on any atom is -0.354 e. The summed E-state index contributed by atoms with van der Waals surface area (Å²) in [4.78, 5) is 25.9. The van der Waals surface area contributed by atoms with Crippen LogP contribution in [0.2, 0.25) is 0 Å². The summed E-state index contributed by atoms with van der Waals surface area (Å²) in [6.45, 7) is 6.27. The average molecular weight is 498 g/mol. The fraction of sp³-hybridized carbons (Fsp3) is 0.348. The summed E-state index contributed by atoms with van der Waals surface area (Å²) in [7, 11) is -3.92. The molecule has 2 N–H and O–H groups in total. The van der Waals surface area contributed by atoms with Crippen molar-refractivity contribution in [2.75, 3.05) is 23.3 Å². The maximum Gasteiger partial charge on any atom is 0.264 e. The van der Waals surface area contributed by atoms with Gasteiger partial charge in [-0.15, -0.1) is 10.2 Å². The Balaban J connectivity index is 1.39. The summed E-state index contributed by atoms with van der Waals surface area (Å²) in [6.07, 6.45) is 1.56. The van der Waals surface area contributed by atoms with Gasteiger partial charge in [-0.05, 0) is 69.2 Å². The summed E-state index contributed by atoms with van der Waals surface area (Å²) >= 11 is 0. The van der Waals surface area contributed by atoms with Gasteiger partial charge in [-0.1, -0.05) is 0 Å². The average Bonchev–Trinajstić information content (AvgIpc) is 3.16. The molecule has 1 atom stereocenters. The molecule has 11 nitrogen and oxygen atoms in total. The molecular formula is C23H27N7O4S. The third kappa shape index (κ3) is 5.65. The van der Waals surface area contributed by atoms with Crippen LogP contribution in [0.15, 0.2) is 47.4 Å². The number of piperidine rings is 1. The molecule has 3 aromatic rings. The van der Waals surface area contributed by atoms with E-state index in [2.05, 4.69) is 20.6 Å². The maximum atomic E-state index is 12.9. The van der Waals surface area contributed by atoms with Crippen LogP contribution < -0.4 is 14.9 Å². The maximum absolute atomic E-state index is 12.9. The van der Waals surface area contributed by atoms with Crippen molar-refractivity contribution in [2.24, 2.45) is 5.92 Å². The molecule has 12 heteroatoms. The number of hydrogen-bond donors (Lipinski definition) is 2. The zero-order chi connectivity index (χ0) is 25.2. The van der Waals surface area contributed by atoms with Gasteiger partial charge in [-0.2, -0.15) is 5.10 Å². The quantitative estimate of drug-likeness (QED) is 0.527. The Bertz CT molecular complexity index is 1340. The highest BCUT2D eigenvalue weighted by atomic mass is 32.2. The molecule has 3 heterocycles. The van der Waals surface area contributed by atoms with Crippen molar-refractivity contribution >= 4 is 33.3 Å². The number of amides is 2. The number of aryl methyl sites for hydroxylation is 2. The molecular weight excluding hydrogens is 470 g/mol. The summed E-state index contributed by atoms with van der Waals surface area (Å²) in [5, 5.41) is 15.9. The van der Waals surface area contributed by atoms with Crippen molar-refractivity contribution in [2.45, 2.75) is 38.5 Å². The lowest BCUT2D eigenvalue weighted by atomic mass is 9.97. The normalized spacial score (nSPS) is 16.1. The number of aromatic nitrogens is 4. The molecule has 0 saturated carbocycles. The first-order chi connectivity index (χ1) is 16.6. The minimum absolute atomic E-state index is 0.0583. The van der Waals surface area contributed by atoms with Gasteiger partial charge in [0, 0.05) is 31.4 Å². The third-order valence-corrected chi connectivity index (χ3v) is 7.14. The van der Waals surface area contributed by atoms with Crippen molar-refractivity contribution in [1.29, 1.82) is 0 Å². The van der Waals surface area contributed by atoms with Crippen LogP contribution >= 0.6 is 0 Å². The third-order valence-electron chi connectivity index (χ3n) is 5.69. The molecule has 0 aliphatic carbocycles.